The lowest BCUT2D eigenvalue weighted by atomic mass is 9.98. The first-order chi connectivity index (χ1) is 7.30. The minimum absolute atomic E-state index is 0.203. The van der Waals surface area contributed by atoms with Crippen molar-refractivity contribution in [2.75, 3.05) is 0 Å². The average Bonchev–Trinajstić information content (AvgIpc) is 2.14. The number of hydrogen-bond donors (Lipinski definition) is 1. The number of carbonyl (C=O) groups is 1. The molecule has 0 fully saturated rings. The first-order valence-electron chi connectivity index (χ1n) is 4.78. The van der Waals surface area contributed by atoms with E-state index >= 15 is 0 Å². The van der Waals surface area contributed by atoms with Crippen LogP contribution in [0, 0.1) is 5.41 Å². The molecule has 6 heteroatoms. The number of rotatable bonds is 2. The fourth-order valence-electron chi connectivity index (χ4n) is 0.891. The molecule has 1 aromatic heterocycles. The van der Waals surface area contributed by atoms with Crippen molar-refractivity contribution in [2.24, 2.45) is 5.41 Å². The van der Waals surface area contributed by atoms with Crippen molar-refractivity contribution in [3.05, 3.63) is 33.1 Å². The van der Waals surface area contributed by atoms with Crippen LogP contribution in [-0.2, 0) is 16.3 Å². The molecule has 0 aromatic carbocycles. The molecule has 0 aliphatic rings. The third kappa shape index (κ3) is 3.08. The Balaban J connectivity index is 2.73. The molecule has 1 rings (SSSR count). The minimum atomic E-state index is -0.619. The van der Waals surface area contributed by atoms with E-state index in [1.807, 2.05) is 0 Å². The Morgan fingerprint density at radius 2 is 2.06 bits per heavy atom. The number of H-pyrrole nitrogens is 1. The SMILES string of the molecule is CC(C)(C)C(=O)OC[15n]1[13cH]cc(=O)[15nH]c1=O. The highest BCUT2D eigenvalue weighted by Gasteiger charge is 2.22. The monoisotopic (exact) mass is 229 g/mol. The maximum atomic E-state index is 11.4. The number of hydrogen-bond acceptors (Lipinski definition) is 4. The molecule has 0 spiro atoms. The number of nitrogens with one attached hydrogen (secondary N) is 1. The van der Waals surface area contributed by atoms with Gasteiger partial charge in [0.25, 0.3) is 5.56 Å². The average molecular weight is 229 g/mol. The summed E-state index contributed by atoms with van der Waals surface area (Å²) in [6, 6.07) is 1.19. The van der Waals surface area contributed by atoms with E-state index in [0.29, 0.717) is 0 Å². The standard InChI is InChI=1S/C10H14N2O4/c1-10(2,3)8(14)16-6-12-5-4-7(13)11-9(12)15/h4-5H,6H2,1-3H3,(H,11,13,15)/i5+1,11+1,12+1. The highest BCUT2D eigenvalue weighted by molar-refractivity contribution is 5.75. The van der Waals surface area contributed by atoms with Gasteiger partial charge in [0.05, 0.1) is 5.41 Å². The highest BCUT2D eigenvalue weighted by Crippen LogP contribution is 2.14. The van der Waals surface area contributed by atoms with Crippen molar-refractivity contribution < 1.29 is 9.53 Å². The number of aromatic amines is 1. The summed E-state index contributed by atoms with van der Waals surface area (Å²) in [5.41, 5.74) is -1.70. The summed E-state index contributed by atoms with van der Waals surface area (Å²) in [4.78, 5) is 35.4. The van der Waals surface area contributed by atoms with Gasteiger partial charge in [-0.1, -0.05) is 0 Å². The Bertz CT molecular complexity index is 493. The van der Waals surface area contributed by atoms with Gasteiger partial charge in [-0.15, -0.1) is 0 Å². The number of carbonyl (C=O) groups excluding carboxylic acids is 1. The number of nitrogens with zero attached hydrogens (tertiary/aromatic N) is 1. The largest absolute Gasteiger partial charge is 0.443 e. The summed E-state index contributed by atoms with van der Waals surface area (Å²) in [6.07, 6.45) is 1.27. The van der Waals surface area contributed by atoms with Crippen LogP contribution in [0.25, 0.3) is 0 Å². The first kappa shape index (κ1) is 12.2. The summed E-state index contributed by atoms with van der Waals surface area (Å²) in [5, 5.41) is 0. The van der Waals surface area contributed by atoms with Crippen molar-refractivity contribution in [1.29, 1.82) is 0 Å². The molecule has 0 radical (unpaired) electrons. The molecule has 0 saturated carbocycles. The number of ether oxygens (including phenoxy) is 1. The summed E-state index contributed by atoms with van der Waals surface area (Å²) in [6.45, 7) is 4.94. The van der Waals surface area contributed by atoms with Gasteiger partial charge < -0.3 is 4.74 Å². The van der Waals surface area contributed by atoms with Crippen molar-refractivity contribution >= 4 is 5.97 Å². The van der Waals surface area contributed by atoms with E-state index in [9.17, 15) is 14.4 Å². The summed E-state index contributed by atoms with van der Waals surface area (Å²) in [7, 11) is 0. The van der Waals surface area contributed by atoms with Crippen molar-refractivity contribution in [2.45, 2.75) is 27.5 Å². The lowest BCUT2D eigenvalue weighted by Gasteiger charge is -2.16. The van der Waals surface area contributed by atoms with Crippen molar-refractivity contribution in [3.8, 4) is 0 Å². The first-order valence-corrected chi connectivity index (χ1v) is 4.78. The van der Waals surface area contributed by atoms with Crippen LogP contribution < -0.4 is 11.2 Å². The van der Waals surface area contributed by atoms with Gasteiger partial charge in [-0.2, -0.15) is 0 Å². The molecule has 1 heterocycles. The molecule has 0 saturated heterocycles. The Labute approximate surface area is 91.9 Å². The van der Waals surface area contributed by atoms with E-state index in [4.69, 9.17) is 4.74 Å². The maximum absolute atomic E-state index is 11.4. The second kappa shape index (κ2) is 4.34. The second-order valence-corrected chi connectivity index (χ2v) is 4.39. The van der Waals surface area contributed by atoms with E-state index < -0.39 is 22.6 Å². The molecule has 16 heavy (non-hydrogen) atoms. The smallest absolute Gasteiger partial charge is 0.331 e. The molecule has 1 N–H and O–H groups in total. The van der Waals surface area contributed by atoms with Crippen LogP contribution >= 0.6 is 0 Å². The Hall–Kier alpha value is -1.85. The Morgan fingerprint density at radius 3 is 2.56 bits per heavy atom. The summed E-state index contributed by atoms with van der Waals surface area (Å²) in [5.74, 6) is -0.411. The van der Waals surface area contributed by atoms with Gasteiger partial charge in [-0.25, -0.2) is 4.79 Å². The zero-order valence-electron chi connectivity index (χ0n) is 9.44. The zero-order valence-corrected chi connectivity index (χ0v) is 9.44. The van der Waals surface area contributed by atoms with Crippen molar-refractivity contribution in [1.82, 2.24) is 9.55 Å². The highest BCUT2D eigenvalue weighted by atomic mass is 16.6. The van der Waals surface area contributed by atoms with Gasteiger partial charge in [0.15, 0.2) is 6.73 Å². The van der Waals surface area contributed by atoms with Gasteiger partial charge in [0.2, 0.25) is 0 Å². The molecular formula is C10H14N2O4. The van der Waals surface area contributed by atoms with Crippen LogP contribution in [0.5, 0.6) is 0 Å². The normalized spacial score (nSPS) is 11.2. The lowest BCUT2D eigenvalue weighted by Crippen LogP contribution is -2.31. The zero-order chi connectivity index (χ0) is 12.3. The third-order valence-electron chi connectivity index (χ3n) is 1.84. The topological polar surface area (TPSA) is 81.2 Å². The van der Waals surface area contributed by atoms with E-state index in [-0.39, 0.29) is 6.73 Å². The molecule has 0 amide bonds. The van der Waals surface area contributed by atoms with Crippen LogP contribution in [0.2, 0.25) is 0 Å². The van der Waals surface area contributed by atoms with E-state index in [1.54, 1.807) is 20.8 Å². The van der Waals surface area contributed by atoms with Gasteiger partial charge in [-0.3, -0.25) is 19.1 Å². The molecule has 0 aliphatic heterocycles. The van der Waals surface area contributed by atoms with Gasteiger partial charge in [-0.05, 0) is 20.8 Å². The number of aromatic nitrogens is 2. The van der Waals surface area contributed by atoms with E-state index in [2.05, 4.69) is 4.98 Å². The van der Waals surface area contributed by atoms with Crippen LogP contribution in [0.3, 0.4) is 0 Å². The van der Waals surface area contributed by atoms with Crippen LogP contribution in [0.15, 0.2) is 21.9 Å². The van der Waals surface area contributed by atoms with Crippen LogP contribution in [0.4, 0.5) is 0 Å². The Morgan fingerprint density at radius 1 is 1.44 bits per heavy atom. The maximum Gasteiger partial charge on any atom is 0.331 e. The third-order valence-corrected chi connectivity index (χ3v) is 1.84. The predicted molar refractivity (Wildman–Crippen MR) is 56.9 cm³/mol. The Kier molecular flexibility index (Phi) is 3.31. The van der Waals surface area contributed by atoms with Gasteiger partial charge >= 0.3 is 11.7 Å². The molecule has 6 nitrogen and oxygen atoms in total. The van der Waals surface area contributed by atoms with Crippen molar-refractivity contribution in [3.63, 3.8) is 0 Å². The van der Waals surface area contributed by atoms with Crippen LogP contribution in [-0.4, -0.2) is 15.5 Å². The van der Waals surface area contributed by atoms with E-state index in [0.717, 1.165) is 4.57 Å². The molecule has 0 bridgehead atoms. The number of esters is 1. The summed E-state index contributed by atoms with van der Waals surface area (Å²) >= 11 is 0. The summed E-state index contributed by atoms with van der Waals surface area (Å²) < 4.78 is 6.02. The van der Waals surface area contributed by atoms with E-state index in [1.165, 1.54) is 12.3 Å². The molecule has 88 valence electrons. The fourth-order valence-corrected chi connectivity index (χ4v) is 0.891. The second-order valence-electron chi connectivity index (χ2n) is 4.39. The molecule has 0 unspecified atom stereocenters. The fraction of sp³-hybridized carbons (Fsp3) is 0.500. The minimum Gasteiger partial charge on any atom is -0.443 e. The van der Waals surface area contributed by atoms with Crippen LogP contribution in [0.1, 0.15) is 20.8 Å². The molecule has 0 atom stereocenters. The van der Waals surface area contributed by atoms with Gasteiger partial charge in [0.1, 0.15) is 0 Å². The lowest BCUT2D eigenvalue weighted by molar-refractivity contribution is -0.157. The molecular weight excluding hydrogens is 215 g/mol. The quantitative estimate of drug-likeness (QED) is 0.728. The van der Waals surface area contributed by atoms with Gasteiger partial charge in [0, 0.05) is 12.3 Å². The predicted octanol–water partition coefficient (Wildman–Crippen LogP) is 0.0834. The molecule has 0 aliphatic carbocycles. The molecule has 1 aromatic rings.